The van der Waals surface area contributed by atoms with Gasteiger partial charge in [-0.25, -0.2) is 4.79 Å². The first-order valence-corrected chi connectivity index (χ1v) is 6.52. The van der Waals surface area contributed by atoms with Gasteiger partial charge in [0.25, 0.3) is 0 Å². The van der Waals surface area contributed by atoms with Gasteiger partial charge in [-0.2, -0.15) is 0 Å². The molecule has 1 aromatic heterocycles. The molecule has 4 heteroatoms. The van der Waals surface area contributed by atoms with Crippen molar-refractivity contribution in [2.24, 2.45) is 5.92 Å². The molecule has 96 valence electrons. The van der Waals surface area contributed by atoms with E-state index in [4.69, 9.17) is 0 Å². The minimum atomic E-state index is 0.0221. The Hall–Kier alpha value is -1.55. The second kappa shape index (κ2) is 4.28. The largest absolute Gasteiger partial charge is 0.326 e. The third-order valence-electron chi connectivity index (χ3n) is 3.95. The molecule has 1 aliphatic heterocycles. The molecule has 3 rings (SSSR count). The van der Waals surface area contributed by atoms with E-state index in [9.17, 15) is 4.79 Å². The van der Waals surface area contributed by atoms with E-state index in [0.717, 1.165) is 36.2 Å². The number of H-pyrrole nitrogens is 1. The molecular formula is C14H19N3O. The van der Waals surface area contributed by atoms with Crippen molar-refractivity contribution in [3.63, 3.8) is 0 Å². The average Bonchev–Trinajstić information content (AvgIpc) is 2.87. The second-order valence-corrected chi connectivity index (χ2v) is 5.43. The van der Waals surface area contributed by atoms with Crippen molar-refractivity contribution in [3.05, 3.63) is 34.2 Å². The van der Waals surface area contributed by atoms with Gasteiger partial charge in [0, 0.05) is 13.1 Å². The SMILES string of the molecule is Cc1cccc2c1[nH]c(=O)n2CC1CCN(C)C1. The number of hydrogen-bond acceptors (Lipinski definition) is 2. The molecule has 1 saturated heterocycles. The highest BCUT2D eigenvalue weighted by Gasteiger charge is 2.21. The first kappa shape index (κ1) is 11.5. The van der Waals surface area contributed by atoms with Crippen LogP contribution in [0.1, 0.15) is 12.0 Å². The van der Waals surface area contributed by atoms with Gasteiger partial charge in [0.2, 0.25) is 0 Å². The average molecular weight is 245 g/mol. The highest BCUT2D eigenvalue weighted by molar-refractivity contribution is 5.78. The third kappa shape index (κ3) is 1.86. The zero-order chi connectivity index (χ0) is 12.7. The number of aromatic amines is 1. The monoisotopic (exact) mass is 245 g/mol. The van der Waals surface area contributed by atoms with Crippen LogP contribution in [0.2, 0.25) is 0 Å². The van der Waals surface area contributed by atoms with E-state index in [1.165, 1.54) is 6.42 Å². The molecule has 0 aliphatic carbocycles. The van der Waals surface area contributed by atoms with Gasteiger partial charge in [-0.05, 0) is 44.5 Å². The Morgan fingerprint density at radius 2 is 2.28 bits per heavy atom. The summed E-state index contributed by atoms with van der Waals surface area (Å²) in [5, 5.41) is 0. The van der Waals surface area contributed by atoms with Gasteiger partial charge in [-0.3, -0.25) is 4.57 Å². The predicted molar refractivity (Wildman–Crippen MR) is 72.9 cm³/mol. The molecule has 2 aromatic rings. The fraction of sp³-hybridized carbons (Fsp3) is 0.500. The van der Waals surface area contributed by atoms with Crippen LogP contribution in [0, 0.1) is 12.8 Å². The Labute approximate surface area is 106 Å². The van der Waals surface area contributed by atoms with E-state index in [-0.39, 0.29) is 5.69 Å². The fourth-order valence-electron chi connectivity index (χ4n) is 2.94. The number of hydrogen-bond donors (Lipinski definition) is 1. The van der Waals surface area contributed by atoms with E-state index in [2.05, 4.69) is 16.9 Å². The maximum absolute atomic E-state index is 12.1. The minimum absolute atomic E-state index is 0.0221. The molecule has 4 nitrogen and oxygen atoms in total. The van der Waals surface area contributed by atoms with Crippen LogP contribution in [-0.4, -0.2) is 34.6 Å². The number of nitrogens with zero attached hydrogens (tertiary/aromatic N) is 2. The van der Waals surface area contributed by atoms with Gasteiger partial charge >= 0.3 is 5.69 Å². The number of aromatic nitrogens is 2. The number of nitrogens with one attached hydrogen (secondary N) is 1. The lowest BCUT2D eigenvalue weighted by molar-refractivity contribution is 0.378. The van der Waals surface area contributed by atoms with Crippen LogP contribution in [0.3, 0.4) is 0 Å². The summed E-state index contributed by atoms with van der Waals surface area (Å²) in [7, 11) is 2.14. The highest BCUT2D eigenvalue weighted by atomic mass is 16.1. The Morgan fingerprint density at radius 1 is 1.44 bits per heavy atom. The molecular weight excluding hydrogens is 226 g/mol. The van der Waals surface area contributed by atoms with Crippen LogP contribution in [0.4, 0.5) is 0 Å². The van der Waals surface area contributed by atoms with Gasteiger partial charge in [-0.1, -0.05) is 12.1 Å². The first-order chi connectivity index (χ1) is 8.65. The van der Waals surface area contributed by atoms with E-state index in [1.807, 2.05) is 29.7 Å². The van der Waals surface area contributed by atoms with Crippen LogP contribution in [0.25, 0.3) is 11.0 Å². The first-order valence-electron chi connectivity index (χ1n) is 6.52. The van der Waals surface area contributed by atoms with Gasteiger partial charge in [0.1, 0.15) is 0 Å². The van der Waals surface area contributed by atoms with E-state index in [1.54, 1.807) is 0 Å². The summed E-state index contributed by atoms with van der Waals surface area (Å²) in [4.78, 5) is 17.4. The molecule has 1 unspecified atom stereocenters. The van der Waals surface area contributed by atoms with E-state index >= 15 is 0 Å². The Bertz CT molecular complexity index is 625. The van der Waals surface area contributed by atoms with Crippen LogP contribution >= 0.6 is 0 Å². The molecule has 0 bridgehead atoms. The van der Waals surface area contributed by atoms with Crippen LogP contribution in [-0.2, 0) is 6.54 Å². The van der Waals surface area contributed by atoms with Crippen LogP contribution in [0.15, 0.2) is 23.0 Å². The lowest BCUT2D eigenvalue weighted by Gasteiger charge is -2.11. The molecule has 2 heterocycles. The molecule has 1 aliphatic rings. The Kier molecular flexibility index (Phi) is 2.74. The zero-order valence-electron chi connectivity index (χ0n) is 10.9. The van der Waals surface area contributed by atoms with Crippen molar-refractivity contribution in [3.8, 4) is 0 Å². The molecule has 1 aromatic carbocycles. The van der Waals surface area contributed by atoms with Crippen molar-refractivity contribution < 1.29 is 0 Å². The summed E-state index contributed by atoms with van der Waals surface area (Å²) in [5.74, 6) is 0.590. The summed E-state index contributed by atoms with van der Waals surface area (Å²) in [5.41, 5.74) is 3.17. The molecule has 0 amide bonds. The summed E-state index contributed by atoms with van der Waals surface area (Å²) in [6, 6.07) is 6.08. The van der Waals surface area contributed by atoms with Crippen LogP contribution in [0.5, 0.6) is 0 Å². The molecule has 1 fully saturated rings. The summed E-state index contributed by atoms with van der Waals surface area (Å²) < 4.78 is 1.89. The number of likely N-dealkylation sites (tertiary alicyclic amines) is 1. The number of rotatable bonds is 2. The minimum Gasteiger partial charge on any atom is -0.306 e. The number of aryl methyl sites for hydroxylation is 1. The van der Waals surface area contributed by atoms with Gasteiger partial charge < -0.3 is 9.88 Å². The number of para-hydroxylation sites is 1. The zero-order valence-corrected chi connectivity index (χ0v) is 10.9. The molecule has 0 saturated carbocycles. The Balaban J connectivity index is 1.99. The summed E-state index contributed by atoms with van der Waals surface area (Å²) in [6.45, 7) is 5.09. The van der Waals surface area contributed by atoms with Crippen LogP contribution < -0.4 is 5.69 Å². The molecule has 18 heavy (non-hydrogen) atoms. The van der Waals surface area contributed by atoms with Crippen molar-refractivity contribution in [2.75, 3.05) is 20.1 Å². The lowest BCUT2D eigenvalue weighted by Crippen LogP contribution is -2.23. The molecule has 1 atom stereocenters. The van der Waals surface area contributed by atoms with Crippen molar-refractivity contribution in [1.29, 1.82) is 0 Å². The fourth-order valence-corrected chi connectivity index (χ4v) is 2.94. The highest BCUT2D eigenvalue weighted by Crippen LogP contribution is 2.19. The maximum Gasteiger partial charge on any atom is 0.326 e. The van der Waals surface area contributed by atoms with E-state index in [0.29, 0.717) is 5.92 Å². The number of imidazole rings is 1. The number of fused-ring (bicyclic) bond motifs is 1. The van der Waals surface area contributed by atoms with Crippen molar-refractivity contribution in [1.82, 2.24) is 14.5 Å². The third-order valence-corrected chi connectivity index (χ3v) is 3.95. The summed E-state index contributed by atoms with van der Waals surface area (Å²) >= 11 is 0. The quantitative estimate of drug-likeness (QED) is 0.873. The smallest absolute Gasteiger partial charge is 0.306 e. The molecule has 1 N–H and O–H groups in total. The maximum atomic E-state index is 12.1. The predicted octanol–water partition coefficient (Wildman–Crippen LogP) is 1.59. The second-order valence-electron chi connectivity index (χ2n) is 5.43. The normalized spacial score (nSPS) is 20.9. The van der Waals surface area contributed by atoms with Gasteiger partial charge in [0.15, 0.2) is 0 Å². The lowest BCUT2D eigenvalue weighted by atomic mass is 10.1. The molecule has 0 spiro atoms. The van der Waals surface area contributed by atoms with Gasteiger partial charge in [-0.15, -0.1) is 0 Å². The number of benzene rings is 1. The topological polar surface area (TPSA) is 41.0 Å². The van der Waals surface area contributed by atoms with Gasteiger partial charge in [0.05, 0.1) is 11.0 Å². The summed E-state index contributed by atoms with van der Waals surface area (Å²) in [6.07, 6.45) is 1.18. The molecule has 0 radical (unpaired) electrons. The van der Waals surface area contributed by atoms with Crippen molar-refractivity contribution in [2.45, 2.75) is 19.9 Å². The van der Waals surface area contributed by atoms with Crippen molar-refractivity contribution >= 4 is 11.0 Å². The standard InChI is InChI=1S/C14H19N3O/c1-10-4-3-5-12-13(10)15-14(18)17(12)9-11-6-7-16(2)8-11/h3-5,11H,6-9H2,1-2H3,(H,15,18). The Morgan fingerprint density at radius 3 is 3.00 bits per heavy atom. The van der Waals surface area contributed by atoms with E-state index < -0.39 is 0 Å².